The van der Waals surface area contributed by atoms with Gasteiger partial charge in [-0.25, -0.2) is 4.68 Å². The highest BCUT2D eigenvalue weighted by molar-refractivity contribution is 5.44. The first-order valence-corrected chi connectivity index (χ1v) is 8.09. The molecular formula is C17H20N4O2. The predicted octanol–water partition coefficient (Wildman–Crippen LogP) is 1.49. The highest BCUT2D eigenvalue weighted by atomic mass is 16.5. The molecule has 2 aromatic rings. The number of ether oxygens (including phenoxy) is 1. The average Bonchev–Trinajstić information content (AvgIpc) is 3.15. The highest BCUT2D eigenvalue weighted by Gasteiger charge is 2.32. The Balaban J connectivity index is 1.62. The summed E-state index contributed by atoms with van der Waals surface area (Å²) in [7, 11) is 0. The van der Waals surface area contributed by atoms with Gasteiger partial charge >= 0.3 is 0 Å². The molecule has 6 heteroatoms. The van der Waals surface area contributed by atoms with Crippen molar-refractivity contribution in [2.24, 2.45) is 0 Å². The number of hydrogen-bond acceptors (Lipinski definition) is 5. The Morgan fingerprint density at radius 3 is 3.09 bits per heavy atom. The van der Waals surface area contributed by atoms with Crippen LogP contribution in [0.25, 0.3) is 0 Å². The summed E-state index contributed by atoms with van der Waals surface area (Å²) < 4.78 is 7.24. The molecule has 1 aliphatic carbocycles. The number of nitrogens with one attached hydrogen (secondary N) is 1. The van der Waals surface area contributed by atoms with Crippen LogP contribution in [-0.2, 0) is 17.6 Å². The summed E-state index contributed by atoms with van der Waals surface area (Å²) in [5.41, 5.74) is 4.10. The lowest BCUT2D eigenvalue weighted by Gasteiger charge is -2.21. The quantitative estimate of drug-likeness (QED) is 0.930. The number of nitrogens with zero attached hydrogens (tertiary/aromatic N) is 3. The van der Waals surface area contributed by atoms with E-state index >= 15 is 0 Å². The second kappa shape index (κ2) is 5.77. The summed E-state index contributed by atoms with van der Waals surface area (Å²) in [6.07, 6.45) is 4.80. The molecule has 0 radical (unpaired) electrons. The van der Waals surface area contributed by atoms with E-state index in [0.717, 1.165) is 41.9 Å². The van der Waals surface area contributed by atoms with Crippen LogP contribution < -0.4 is 10.9 Å². The number of hydrogen-bond donors (Lipinski definition) is 1. The van der Waals surface area contributed by atoms with Gasteiger partial charge in [-0.1, -0.05) is 0 Å². The molecule has 2 aliphatic rings. The number of anilines is 1. The summed E-state index contributed by atoms with van der Waals surface area (Å²) in [5.74, 6) is 0. The van der Waals surface area contributed by atoms with Crippen LogP contribution in [0, 0.1) is 6.92 Å². The van der Waals surface area contributed by atoms with Crippen LogP contribution in [0.5, 0.6) is 0 Å². The third-order valence-electron chi connectivity index (χ3n) is 4.60. The molecule has 23 heavy (non-hydrogen) atoms. The molecule has 2 aromatic heterocycles. The molecule has 1 aliphatic heterocycles. The summed E-state index contributed by atoms with van der Waals surface area (Å²) in [6, 6.07) is 5.62. The fourth-order valence-electron chi connectivity index (χ4n) is 3.42. The molecule has 0 spiro atoms. The van der Waals surface area contributed by atoms with Gasteiger partial charge in [0.1, 0.15) is 6.04 Å². The highest BCUT2D eigenvalue weighted by Crippen LogP contribution is 2.24. The van der Waals surface area contributed by atoms with E-state index < -0.39 is 0 Å². The van der Waals surface area contributed by atoms with Gasteiger partial charge in [-0.15, -0.1) is 0 Å². The number of fused-ring (bicyclic) bond motifs is 1. The minimum atomic E-state index is -0.0816. The summed E-state index contributed by atoms with van der Waals surface area (Å²) in [5, 5.41) is 8.08. The molecule has 1 N–H and O–H groups in total. The molecule has 120 valence electrons. The van der Waals surface area contributed by atoms with Crippen LogP contribution in [0.4, 0.5) is 5.69 Å². The van der Waals surface area contributed by atoms with Crippen molar-refractivity contribution >= 4 is 5.69 Å². The molecule has 1 saturated heterocycles. The Labute approximate surface area is 134 Å². The first kappa shape index (κ1) is 14.4. The maximum Gasteiger partial charge on any atom is 0.267 e. The van der Waals surface area contributed by atoms with Crippen LogP contribution in [0.3, 0.4) is 0 Å². The molecule has 0 bridgehead atoms. The fourth-order valence-corrected chi connectivity index (χ4v) is 3.42. The number of pyridine rings is 1. The predicted molar refractivity (Wildman–Crippen MR) is 86.8 cm³/mol. The Morgan fingerprint density at radius 2 is 2.22 bits per heavy atom. The largest absolute Gasteiger partial charge is 0.378 e. The van der Waals surface area contributed by atoms with Gasteiger partial charge < -0.3 is 10.1 Å². The molecule has 0 saturated carbocycles. The van der Waals surface area contributed by atoms with Crippen LogP contribution in [-0.4, -0.2) is 34.0 Å². The van der Waals surface area contributed by atoms with Gasteiger partial charge in [0.25, 0.3) is 5.56 Å². The molecule has 2 unspecified atom stereocenters. The fraction of sp³-hybridized carbons (Fsp3) is 0.471. The van der Waals surface area contributed by atoms with Gasteiger partial charge in [0, 0.05) is 23.6 Å². The van der Waals surface area contributed by atoms with Crippen molar-refractivity contribution in [2.75, 3.05) is 18.5 Å². The smallest absolute Gasteiger partial charge is 0.267 e. The van der Waals surface area contributed by atoms with Crippen LogP contribution in [0.15, 0.2) is 29.2 Å². The third kappa shape index (κ3) is 2.74. The maximum atomic E-state index is 12.4. The molecule has 0 aromatic carbocycles. The Morgan fingerprint density at radius 1 is 1.30 bits per heavy atom. The average molecular weight is 312 g/mol. The molecule has 4 rings (SSSR count). The normalized spacial score (nSPS) is 23.0. The van der Waals surface area contributed by atoms with Crippen molar-refractivity contribution < 1.29 is 4.74 Å². The van der Waals surface area contributed by atoms with E-state index in [-0.39, 0.29) is 17.6 Å². The van der Waals surface area contributed by atoms with Crippen molar-refractivity contribution in [3.8, 4) is 0 Å². The number of rotatable bonds is 3. The van der Waals surface area contributed by atoms with Gasteiger partial charge in [-0.3, -0.25) is 9.78 Å². The van der Waals surface area contributed by atoms with E-state index in [4.69, 9.17) is 4.74 Å². The minimum absolute atomic E-state index is 0.0288. The van der Waals surface area contributed by atoms with E-state index in [2.05, 4.69) is 15.4 Å². The zero-order chi connectivity index (χ0) is 15.8. The van der Waals surface area contributed by atoms with E-state index in [0.29, 0.717) is 13.2 Å². The van der Waals surface area contributed by atoms with Crippen molar-refractivity contribution in [2.45, 2.75) is 38.3 Å². The van der Waals surface area contributed by atoms with Crippen molar-refractivity contribution in [3.05, 3.63) is 51.7 Å². The van der Waals surface area contributed by atoms with E-state index in [1.165, 1.54) is 0 Å². The van der Waals surface area contributed by atoms with E-state index in [1.807, 2.05) is 19.1 Å². The second-order valence-corrected chi connectivity index (χ2v) is 6.29. The first-order valence-electron chi connectivity index (χ1n) is 8.09. The number of aryl methyl sites for hydroxylation is 3. The molecule has 6 nitrogen and oxygen atoms in total. The Kier molecular flexibility index (Phi) is 3.61. The second-order valence-electron chi connectivity index (χ2n) is 6.29. The summed E-state index contributed by atoms with van der Waals surface area (Å²) in [4.78, 5) is 16.6. The zero-order valence-electron chi connectivity index (χ0n) is 13.2. The molecular weight excluding hydrogens is 292 g/mol. The lowest BCUT2D eigenvalue weighted by atomic mass is 10.1. The lowest BCUT2D eigenvalue weighted by Crippen LogP contribution is -2.37. The zero-order valence-corrected chi connectivity index (χ0v) is 13.2. The first-order chi connectivity index (χ1) is 11.2. The standard InChI is InChI=1S/C17H20N4O2/c1-11-7-13(5-6-18-11)19-15-9-23-10-16(15)21-17(22)8-12-3-2-4-14(12)20-21/h5-8,15-16H,2-4,9-10H2,1H3,(H,18,19). The van der Waals surface area contributed by atoms with E-state index in [1.54, 1.807) is 16.9 Å². The number of aromatic nitrogens is 3. The van der Waals surface area contributed by atoms with Crippen molar-refractivity contribution in [3.63, 3.8) is 0 Å². The molecule has 0 amide bonds. The summed E-state index contributed by atoms with van der Waals surface area (Å²) >= 11 is 0. The van der Waals surface area contributed by atoms with Gasteiger partial charge in [-0.05, 0) is 43.9 Å². The maximum absolute atomic E-state index is 12.4. The van der Waals surface area contributed by atoms with E-state index in [9.17, 15) is 4.79 Å². The summed E-state index contributed by atoms with van der Waals surface area (Å²) in [6.45, 7) is 3.03. The minimum Gasteiger partial charge on any atom is -0.378 e. The van der Waals surface area contributed by atoms with Crippen LogP contribution in [0.2, 0.25) is 0 Å². The Hall–Kier alpha value is -2.21. The molecule has 3 heterocycles. The lowest BCUT2D eigenvalue weighted by molar-refractivity contribution is 0.182. The molecule has 2 atom stereocenters. The van der Waals surface area contributed by atoms with Gasteiger partial charge in [-0.2, -0.15) is 5.10 Å². The topological polar surface area (TPSA) is 69.0 Å². The Bertz CT molecular complexity index is 786. The molecule has 1 fully saturated rings. The monoisotopic (exact) mass is 312 g/mol. The van der Waals surface area contributed by atoms with Crippen molar-refractivity contribution in [1.29, 1.82) is 0 Å². The van der Waals surface area contributed by atoms with Gasteiger partial charge in [0.05, 0.1) is 24.9 Å². The van der Waals surface area contributed by atoms with Crippen molar-refractivity contribution in [1.82, 2.24) is 14.8 Å². The van der Waals surface area contributed by atoms with Gasteiger partial charge in [0.2, 0.25) is 0 Å². The SMILES string of the molecule is Cc1cc(NC2COCC2n2nc3c(cc2=O)CCC3)ccn1. The van der Waals surface area contributed by atoms with Gasteiger partial charge in [0.15, 0.2) is 0 Å². The third-order valence-corrected chi connectivity index (χ3v) is 4.60. The van der Waals surface area contributed by atoms with Crippen LogP contribution >= 0.6 is 0 Å². The van der Waals surface area contributed by atoms with Crippen LogP contribution in [0.1, 0.15) is 29.4 Å².